The van der Waals surface area contributed by atoms with Gasteiger partial charge in [0.15, 0.2) is 5.95 Å². The molecule has 0 fully saturated rings. The lowest BCUT2D eigenvalue weighted by Crippen LogP contribution is -1.94. The quantitative estimate of drug-likeness (QED) is 0.591. The number of rotatable bonds is 0. The molecule has 4 nitrogen and oxygen atoms in total. The van der Waals surface area contributed by atoms with Crippen LogP contribution in [0, 0.1) is 0 Å². The third kappa shape index (κ3) is 0.934. The van der Waals surface area contributed by atoms with E-state index in [1.54, 1.807) is 18.2 Å². The summed E-state index contributed by atoms with van der Waals surface area (Å²) in [5.41, 5.74) is 6.33. The van der Waals surface area contributed by atoms with Crippen molar-refractivity contribution < 1.29 is 0 Å². The SMILES string of the molecule is Nc1nc2c(=O)ccccc2[nH]1. The number of anilines is 1. The highest BCUT2D eigenvalue weighted by Gasteiger charge is 1.99. The molecule has 0 atom stereocenters. The second-order valence-corrected chi connectivity index (χ2v) is 2.47. The molecule has 0 spiro atoms. The summed E-state index contributed by atoms with van der Waals surface area (Å²) in [5, 5.41) is 0. The Morgan fingerprint density at radius 1 is 1.33 bits per heavy atom. The van der Waals surface area contributed by atoms with Crippen molar-refractivity contribution in [2.24, 2.45) is 0 Å². The first-order valence-electron chi connectivity index (χ1n) is 3.52. The normalized spacial score (nSPS) is 10.3. The van der Waals surface area contributed by atoms with Crippen LogP contribution in [0.5, 0.6) is 0 Å². The lowest BCUT2D eigenvalue weighted by molar-refractivity contribution is 1.35. The summed E-state index contributed by atoms with van der Waals surface area (Å²) in [6.45, 7) is 0. The predicted octanol–water partition coefficient (Wildman–Crippen LogP) is 0.505. The zero-order valence-corrected chi connectivity index (χ0v) is 6.24. The molecule has 0 saturated heterocycles. The Balaban J connectivity index is 3.03. The minimum Gasteiger partial charge on any atom is -0.369 e. The van der Waals surface area contributed by atoms with E-state index >= 15 is 0 Å². The van der Waals surface area contributed by atoms with Gasteiger partial charge in [0.25, 0.3) is 0 Å². The number of aromatic amines is 1. The van der Waals surface area contributed by atoms with Gasteiger partial charge >= 0.3 is 0 Å². The highest BCUT2D eigenvalue weighted by molar-refractivity contribution is 5.75. The van der Waals surface area contributed by atoms with Crippen LogP contribution in [-0.4, -0.2) is 9.97 Å². The summed E-state index contributed by atoms with van der Waals surface area (Å²) in [7, 11) is 0. The zero-order chi connectivity index (χ0) is 8.55. The van der Waals surface area contributed by atoms with E-state index in [1.165, 1.54) is 6.07 Å². The second kappa shape index (κ2) is 2.34. The van der Waals surface area contributed by atoms with Crippen LogP contribution in [0.2, 0.25) is 0 Å². The fourth-order valence-electron chi connectivity index (χ4n) is 1.09. The van der Waals surface area contributed by atoms with Gasteiger partial charge in [-0.15, -0.1) is 0 Å². The van der Waals surface area contributed by atoms with E-state index < -0.39 is 0 Å². The van der Waals surface area contributed by atoms with Crippen molar-refractivity contribution in [2.45, 2.75) is 0 Å². The lowest BCUT2D eigenvalue weighted by Gasteiger charge is -1.74. The number of nitrogens with zero attached hydrogens (tertiary/aromatic N) is 1. The Bertz CT molecular complexity index is 475. The summed E-state index contributed by atoms with van der Waals surface area (Å²) in [5.74, 6) is 0.272. The maximum Gasteiger partial charge on any atom is 0.206 e. The zero-order valence-electron chi connectivity index (χ0n) is 6.24. The Hall–Kier alpha value is -1.84. The molecule has 0 radical (unpaired) electrons. The number of nitrogen functional groups attached to an aromatic ring is 1. The summed E-state index contributed by atoms with van der Waals surface area (Å²) < 4.78 is 0. The Kier molecular flexibility index (Phi) is 1.33. The van der Waals surface area contributed by atoms with Gasteiger partial charge in [0.2, 0.25) is 5.43 Å². The van der Waals surface area contributed by atoms with Gasteiger partial charge in [-0.1, -0.05) is 12.1 Å². The van der Waals surface area contributed by atoms with E-state index in [1.807, 2.05) is 0 Å². The number of hydrogen-bond acceptors (Lipinski definition) is 3. The highest BCUT2D eigenvalue weighted by atomic mass is 16.1. The van der Waals surface area contributed by atoms with Gasteiger partial charge in [-0.2, -0.15) is 0 Å². The maximum atomic E-state index is 11.3. The van der Waals surface area contributed by atoms with E-state index in [9.17, 15) is 4.79 Å². The number of H-pyrrole nitrogens is 1. The summed E-state index contributed by atoms with van der Waals surface area (Å²) in [6, 6.07) is 6.66. The minimum absolute atomic E-state index is 0.122. The van der Waals surface area contributed by atoms with Gasteiger partial charge in [0, 0.05) is 0 Å². The molecule has 12 heavy (non-hydrogen) atoms. The lowest BCUT2D eigenvalue weighted by atomic mass is 10.4. The molecule has 0 aliphatic heterocycles. The van der Waals surface area contributed by atoms with Gasteiger partial charge in [0.05, 0.1) is 5.52 Å². The van der Waals surface area contributed by atoms with Crippen LogP contribution in [-0.2, 0) is 0 Å². The fourth-order valence-corrected chi connectivity index (χ4v) is 1.09. The standard InChI is InChI=1S/C8H7N3O/c9-8-10-5-3-1-2-4-6(12)7(5)11-8/h1-4H,(H3,9,10,11). The molecule has 0 aliphatic carbocycles. The number of fused-ring (bicyclic) bond motifs is 1. The second-order valence-electron chi connectivity index (χ2n) is 2.47. The first-order chi connectivity index (χ1) is 5.77. The predicted molar refractivity (Wildman–Crippen MR) is 46.8 cm³/mol. The number of hydrogen-bond donors (Lipinski definition) is 2. The molecule has 0 aliphatic rings. The molecule has 2 rings (SSSR count). The Labute approximate surface area is 68.1 Å². The topological polar surface area (TPSA) is 71.8 Å². The molecule has 60 valence electrons. The monoisotopic (exact) mass is 161 g/mol. The van der Waals surface area contributed by atoms with Crippen molar-refractivity contribution in [3.8, 4) is 0 Å². The van der Waals surface area contributed by atoms with Crippen molar-refractivity contribution in [3.05, 3.63) is 34.5 Å². The van der Waals surface area contributed by atoms with Crippen LogP contribution < -0.4 is 11.2 Å². The van der Waals surface area contributed by atoms with Crippen LogP contribution >= 0.6 is 0 Å². The number of aromatic nitrogens is 2. The molecule has 1 aromatic carbocycles. The van der Waals surface area contributed by atoms with Crippen molar-refractivity contribution >= 4 is 17.0 Å². The van der Waals surface area contributed by atoms with E-state index in [2.05, 4.69) is 9.97 Å². The van der Waals surface area contributed by atoms with Gasteiger partial charge in [0.1, 0.15) is 5.52 Å². The fraction of sp³-hybridized carbons (Fsp3) is 0. The van der Waals surface area contributed by atoms with Crippen LogP contribution in [0.25, 0.3) is 11.0 Å². The van der Waals surface area contributed by atoms with Crippen molar-refractivity contribution in [2.75, 3.05) is 5.73 Å². The molecular formula is C8H7N3O. The Morgan fingerprint density at radius 3 is 2.92 bits per heavy atom. The molecule has 0 amide bonds. The third-order valence-corrected chi connectivity index (χ3v) is 1.61. The van der Waals surface area contributed by atoms with Crippen LogP contribution in [0.3, 0.4) is 0 Å². The van der Waals surface area contributed by atoms with Crippen molar-refractivity contribution in [3.63, 3.8) is 0 Å². The molecular weight excluding hydrogens is 154 g/mol. The molecule has 1 aromatic heterocycles. The minimum atomic E-state index is -0.122. The Morgan fingerprint density at radius 2 is 2.08 bits per heavy atom. The van der Waals surface area contributed by atoms with Crippen molar-refractivity contribution in [1.29, 1.82) is 0 Å². The van der Waals surface area contributed by atoms with Gasteiger partial charge in [-0.3, -0.25) is 4.79 Å². The van der Waals surface area contributed by atoms with Gasteiger partial charge in [-0.25, -0.2) is 4.98 Å². The summed E-state index contributed by atoms with van der Waals surface area (Å²) >= 11 is 0. The van der Waals surface area contributed by atoms with E-state index in [4.69, 9.17) is 5.73 Å². The van der Waals surface area contributed by atoms with Crippen LogP contribution in [0.4, 0.5) is 5.95 Å². The van der Waals surface area contributed by atoms with E-state index in [-0.39, 0.29) is 11.4 Å². The first-order valence-corrected chi connectivity index (χ1v) is 3.52. The molecule has 3 N–H and O–H groups in total. The largest absolute Gasteiger partial charge is 0.369 e. The van der Waals surface area contributed by atoms with Crippen molar-refractivity contribution in [1.82, 2.24) is 9.97 Å². The molecule has 4 heteroatoms. The molecule has 0 saturated carbocycles. The average molecular weight is 161 g/mol. The van der Waals surface area contributed by atoms with E-state index in [0.717, 1.165) is 0 Å². The summed E-state index contributed by atoms with van der Waals surface area (Å²) in [4.78, 5) is 17.9. The van der Waals surface area contributed by atoms with E-state index in [0.29, 0.717) is 11.0 Å². The maximum absolute atomic E-state index is 11.3. The molecule has 0 unspecified atom stereocenters. The number of nitrogens with one attached hydrogen (secondary N) is 1. The number of nitrogens with two attached hydrogens (primary N) is 1. The molecule has 0 bridgehead atoms. The average Bonchev–Trinajstić information content (AvgIpc) is 2.33. The summed E-state index contributed by atoms with van der Waals surface area (Å²) in [6.07, 6.45) is 0. The van der Waals surface area contributed by atoms with Crippen LogP contribution in [0.15, 0.2) is 29.1 Å². The third-order valence-electron chi connectivity index (χ3n) is 1.61. The van der Waals surface area contributed by atoms with Crippen LogP contribution in [0.1, 0.15) is 0 Å². The smallest absolute Gasteiger partial charge is 0.206 e. The molecule has 2 aromatic rings. The number of imidazole rings is 1. The van der Waals surface area contributed by atoms with Gasteiger partial charge in [-0.05, 0) is 12.1 Å². The van der Waals surface area contributed by atoms with Gasteiger partial charge < -0.3 is 10.7 Å². The first kappa shape index (κ1) is 6.84. The highest BCUT2D eigenvalue weighted by Crippen LogP contribution is 2.05. The molecule has 1 heterocycles.